The van der Waals surface area contributed by atoms with Gasteiger partial charge in [-0.3, -0.25) is 14.2 Å². The smallest absolute Gasteiger partial charge is 0.272 e. The minimum atomic E-state index is -0.0557. The summed E-state index contributed by atoms with van der Waals surface area (Å²) in [6, 6.07) is 18.1. The summed E-state index contributed by atoms with van der Waals surface area (Å²) in [7, 11) is 0. The van der Waals surface area contributed by atoms with E-state index < -0.39 is 0 Å². The van der Waals surface area contributed by atoms with Crippen LogP contribution in [0.2, 0.25) is 0 Å². The molecule has 0 aliphatic heterocycles. The lowest BCUT2D eigenvalue weighted by Crippen LogP contribution is -2.32. The van der Waals surface area contributed by atoms with Gasteiger partial charge >= 0.3 is 0 Å². The Morgan fingerprint density at radius 2 is 1.85 bits per heavy atom. The number of hydrogen-bond acceptors (Lipinski definition) is 5. The van der Waals surface area contributed by atoms with Gasteiger partial charge in [-0.05, 0) is 54.5 Å². The molecule has 2 aromatic carbocycles. The number of hydrogen-bond donors (Lipinski definition) is 0. The Labute approximate surface area is 202 Å². The third-order valence-electron chi connectivity index (χ3n) is 5.72. The van der Waals surface area contributed by atoms with Crippen molar-refractivity contribution in [1.29, 1.82) is 0 Å². The average Bonchev–Trinajstić information content (AvgIpc) is 3.30. The van der Waals surface area contributed by atoms with E-state index >= 15 is 0 Å². The summed E-state index contributed by atoms with van der Waals surface area (Å²) in [6.45, 7) is 7.76. The number of carbonyl (C=O) groups is 1. The molecule has 170 valence electrons. The molecule has 0 saturated heterocycles. The van der Waals surface area contributed by atoms with Gasteiger partial charge < -0.3 is 4.90 Å². The van der Waals surface area contributed by atoms with Crippen molar-refractivity contribution >= 4 is 39.2 Å². The van der Waals surface area contributed by atoms with E-state index in [-0.39, 0.29) is 17.2 Å². The molecule has 7 heteroatoms. The van der Waals surface area contributed by atoms with Gasteiger partial charge in [-0.2, -0.15) is 0 Å². The number of aromatic nitrogens is 2. The molecule has 0 N–H and O–H groups in total. The topological polar surface area (TPSA) is 55.2 Å². The fraction of sp³-hybridized carbons (Fsp3) is 0.269. The molecular weight excluding hydrogens is 450 g/mol. The van der Waals surface area contributed by atoms with Crippen molar-refractivity contribution in [3.8, 4) is 0 Å². The molecule has 2 heterocycles. The molecule has 4 rings (SSSR count). The van der Waals surface area contributed by atoms with Gasteiger partial charge in [-0.25, -0.2) is 4.98 Å². The summed E-state index contributed by atoms with van der Waals surface area (Å²) in [5.41, 5.74) is 5.19. The van der Waals surface area contributed by atoms with E-state index in [0.29, 0.717) is 35.0 Å². The zero-order valence-electron chi connectivity index (χ0n) is 19.1. The van der Waals surface area contributed by atoms with Crippen LogP contribution in [-0.2, 0) is 17.9 Å². The van der Waals surface area contributed by atoms with Crippen molar-refractivity contribution in [2.45, 2.75) is 39.0 Å². The summed E-state index contributed by atoms with van der Waals surface area (Å²) < 4.78 is 2.35. The van der Waals surface area contributed by atoms with E-state index in [4.69, 9.17) is 4.98 Å². The zero-order valence-corrected chi connectivity index (χ0v) is 20.7. The number of rotatable bonds is 8. The first-order chi connectivity index (χ1) is 16.0. The maximum Gasteiger partial charge on any atom is 0.272 e. The number of aryl methyl sites for hydroxylation is 2. The van der Waals surface area contributed by atoms with Crippen LogP contribution in [0.4, 0.5) is 0 Å². The molecule has 0 radical (unpaired) electrons. The van der Waals surface area contributed by atoms with Crippen LogP contribution in [0.1, 0.15) is 29.2 Å². The minimum Gasteiger partial charge on any atom is -0.338 e. The Balaban J connectivity index is 1.58. The van der Waals surface area contributed by atoms with Gasteiger partial charge in [0.1, 0.15) is 4.70 Å². The predicted molar refractivity (Wildman–Crippen MR) is 137 cm³/mol. The molecule has 2 aromatic heterocycles. The molecule has 0 bridgehead atoms. The third-order valence-corrected chi connectivity index (χ3v) is 7.57. The standard InChI is InChI=1S/C26H27N3O2S2/c1-4-28(15-20-8-6-5-7-9-20)23(30)17-33-26-27-22-12-13-32-24(22)25(31)29(26)16-21-11-10-18(2)19(3)14-21/h5-14H,4,15-17H2,1-3H3. The van der Waals surface area contributed by atoms with E-state index in [9.17, 15) is 9.59 Å². The highest BCUT2D eigenvalue weighted by Gasteiger charge is 2.17. The molecule has 5 nitrogen and oxygen atoms in total. The average molecular weight is 478 g/mol. The second kappa shape index (κ2) is 10.4. The van der Waals surface area contributed by atoms with Gasteiger partial charge in [0, 0.05) is 13.1 Å². The number of amides is 1. The second-order valence-electron chi connectivity index (χ2n) is 8.02. The van der Waals surface area contributed by atoms with E-state index in [1.807, 2.05) is 59.7 Å². The molecule has 33 heavy (non-hydrogen) atoms. The van der Waals surface area contributed by atoms with Crippen LogP contribution in [0.15, 0.2) is 69.9 Å². The Hall–Kier alpha value is -2.90. The maximum absolute atomic E-state index is 13.3. The van der Waals surface area contributed by atoms with Crippen molar-refractivity contribution in [1.82, 2.24) is 14.5 Å². The van der Waals surface area contributed by atoms with E-state index in [2.05, 4.69) is 26.0 Å². The Kier molecular flexibility index (Phi) is 7.30. The van der Waals surface area contributed by atoms with Crippen molar-refractivity contribution < 1.29 is 4.79 Å². The monoisotopic (exact) mass is 477 g/mol. The zero-order chi connectivity index (χ0) is 23.4. The lowest BCUT2D eigenvalue weighted by atomic mass is 10.1. The van der Waals surface area contributed by atoms with Crippen LogP contribution in [0, 0.1) is 13.8 Å². The number of benzene rings is 2. The Bertz CT molecular complexity index is 1330. The summed E-state index contributed by atoms with van der Waals surface area (Å²) in [5, 5.41) is 2.46. The minimum absolute atomic E-state index is 0.0312. The molecule has 0 atom stereocenters. The number of fused-ring (bicyclic) bond motifs is 1. The first-order valence-corrected chi connectivity index (χ1v) is 12.8. The lowest BCUT2D eigenvalue weighted by Gasteiger charge is -2.21. The normalized spacial score (nSPS) is 11.1. The van der Waals surface area contributed by atoms with Crippen molar-refractivity contribution in [3.63, 3.8) is 0 Å². The van der Waals surface area contributed by atoms with Gasteiger partial charge in [0.2, 0.25) is 5.91 Å². The van der Waals surface area contributed by atoms with E-state index in [1.54, 1.807) is 4.57 Å². The number of nitrogens with zero attached hydrogens (tertiary/aromatic N) is 3. The highest BCUT2D eigenvalue weighted by atomic mass is 32.2. The molecule has 0 saturated carbocycles. The number of thiophene rings is 1. The predicted octanol–water partition coefficient (Wildman–Crippen LogP) is 5.26. The first-order valence-electron chi connectivity index (χ1n) is 10.9. The van der Waals surface area contributed by atoms with Crippen molar-refractivity contribution in [2.24, 2.45) is 0 Å². The second-order valence-corrected chi connectivity index (χ2v) is 9.88. The van der Waals surface area contributed by atoms with Crippen LogP contribution in [0.5, 0.6) is 0 Å². The number of thioether (sulfide) groups is 1. The van der Waals surface area contributed by atoms with Gasteiger partial charge in [0.25, 0.3) is 5.56 Å². The first kappa shape index (κ1) is 23.3. The lowest BCUT2D eigenvalue weighted by molar-refractivity contribution is -0.128. The molecule has 0 spiro atoms. The van der Waals surface area contributed by atoms with E-state index in [0.717, 1.165) is 11.1 Å². The third kappa shape index (κ3) is 5.37. The Morgan fingerprint density at radius 1 is 1.06 bits per heavy atom. The van der Waals surface area contributed by atoms with Crippen LogP contribution in [0.25, 0.3) is 10.2 Å². The van der Waals surface area contributed by atoms with E-state index in [1.165, 1.54) is 34.2 Å². The highest BCUT2D eigenvalue weighted by molar-refractivity contribution is 7.99. The SMILES string of the molecule is CCN(Cc1ccccc1)C(=O)CSc1nc2ccsc2c(=O)n1Cc1ccc(C)c(C)c1. The molecule has 4 aromatic rings. The maximum atomic E-state index is 13.3. The molecule has 0 fully saturated rings. The summed E-state index contributed by atoms with van der Waals surface area (Å²) >= 11 is 2.74. The summed E-state index contributed by atoms with van der Waals surface area (Å²) in [4.78, 5) is 32.8. The van der Waals surface area contributed by atoms with Crippen LogP contribution >= 0.6 is 23.1 Å². The largest absolute Gasteiger partial charge is 0.338 e. The molecule has 1 amide bonds. The summed E-state index contributed by atoms with van der Waals surface area (Å²) in [5.74, 6) is 0.263. The van der Waals surface area contributed by atoms with Crippen molar-refractivity contribution in [3.05, 3.63) is 92.6 Å². The molecular formula is C26H27N3O2S2. The van der Waals surface area contributed by atoms with Crippen LogP contribution in [-0.4, -0.2) is 32.7 Å². The molecule has 0 aliphatic carbocycles. The van der Waals surface area contributed by atoms with Gasteiger partial charge in [0.05, 0.1) is 17.8 Å². The highest BCUT2D eigenvalue weighted by Crippen LogP contribution is 2.23. The van der Waals surface area contributed by atoms with Crippen LogP contribution in [0.3, 0.4) is 0 Å². The molecule has 0 aliphatic rings. The van der Waals surface area contributed by atoms with Gasteiger partial charge in [0.15, 0.2) is 5.16 Å². The van der Waals surface area contributed by atoms with Gasteiger partial charge in [-0.1, -0.05) is 60.3 Å². The summed E-state index contributed by atoms with van der Waals surface area (Å²) in [6.07, 6.45) is 0. The molecule has 0 unspecified atom stereocenters. The quantitative estimate of drug-likeness (QED) is 0.256. The van der Waals surface area contributed by atoms with Crippen molar-refractivity contribution in [2.75, 3.05) is 12.3 Å². The number of carbonyl (C=O) groups excluding carboxylic acids is 1. The van der Waals surface area contributed by atoms with Crippen LogP contribution < -0.4 is 5.56 Å². The van der Waals surface area contributed by atoms with Gasteiger partial charge in [-0.15, -0.1) is 11.3 Å². The Morgan fingerprint density at radius 3 is 2.58 bits per heavy atom. The fourth-order valence-electron chi connectivity index (χ4n) is 3.66. The fourth-order valence-corrected chi connectivity index (χ4v) is 5.34.